The predicted molar refractivity (Wildman–Crippen MR) is 495 cm³/mol. The second-order valence-corrected chi connectivity index (χ2v) is 36.1. The molecular weight excluding hydrogens is 1640 g/mol. The molecule has 21 nitrogen and oxygen atoms in total. The van der Waals surface area contributed by atoms with E-state index >= 15 is 14.4 Å². The Kier molecular flexibility index (Phi) is 30.8. The normalized spacial score (nSPS) is 17.4. The summed E-state index contributed by atoms with van der Waals surface area (Å²) in [4.78, 5) is 108. The minimum Gasteiger partial charge on any atom is -0.483 e. The van der Waals surface area contributed by atoms with Gasteiger partial charge >= 0.3 is 5.97 Å². The number of hydrogen-bond acceptors (Lipinski definition) is 17. The molecule has 1 amide bonds. The van der Waals surface area contributed by atoms with Crippen LogP contribution in [0.5, 0.6) is 17.2 Å². The molecule has 16 rings (SSSR count). The first-order valence-corrected chi connectivity index (χ1v) is 44.9. The van der Waals surface area contributed by atoms with Crippen molar-refractivity contribution in [2.75, 3.05) is 6.54 Å². The van der Waals surface area contributed by atoms with Gasteiger partial charge in [-0.05, 0) is 150 Å². The summed E-state index contributed by atoms with van der Waals surface area (Å²) in [7, 11) is 0. The SMILES string of the molecule is CC(C)(C)OC(=O)CCC12CC3(CNC(=O)c4c(OCc5ccccc5)c(=O)ccn4CC(OCc4ccccc4)OCc4ccccc4)C[C@](CCC(=O)c4c(OCc5ccccc5)c(=O)ccn4CC(OCc4ccccc4)OCc4ccccc4)(C1)C[C@](CCC(=O)c1c(OCc4ccccc4)c(=O)ccn1CC(OCc1ccccc1)OCc1ccccc1)(C2)C3. The molecule has 0 radical (unpaired) electrons. The number of ketones is 2. The van der Waals surface area contributed by atoms with Gasteiger partial charge in [0.1, 0.15) is 36.8 Å². The molecule has 1 N–H and O–H groups in total. The van der Waals surface area contributed by atoms with E-state index in [0.29, 0.717) is 44.9 Å². The third-order valence-corrected chi connectivity index (χ3v) is 24.7. The van der Waals surface area contributed by atoms with Gasteiger partial charge in [-0.3, -0.25) is 33.6 Å². The number of pyridine rings is 3. The van der Waals surface area contributed by atoms with E-state index in [0.717, 1.165) is 50.1 Å². The van der Waals surface area contributed by atoms with E-state index in [1.165, 1.54) is 18.2 Å². The van der Waals surface area contributed by atoms with Gasteiger partial charge in [-0.15, -0.1) is 0 Å². The highest BCUT2D eigenvalue weighted by Gasteiger charge is 2.67. The summed E-state index contributed by atoms with van der Waals surface area (Å²) in [5.41, 5.74) is 2.13. The molecule has 0 aliphatic heterocycles. The first-order chi connectivity index (χ1) is 63.2. The maximum atomic E-state index is 16.5. The van der Waals surface area contributed by atoms with Crippen LogP contribution in [0.2, 0.25) is 0 Å². The van der Waals surface area contributed by atoms with Crippen LogP contribution in [0.3, 0.4) is 0 Å². The van der Waals surface area contributed by atoms with Crippen molar-refractivity contribution < 1.29 is 66.5 Å². The Morgan fingerprint density at radius 1 is 0.308 bits per heavy atom. The number of nitrogens with one attached hydrogen (secondary N) is 1. The molecule has 2 unspecified atom stereocenters. The Morgan fingerprint density at radius 2 is 0.538 bits per heavy atom. The fourth-order valence-electron chi connectivity index (χ4n) is 19.7. The molecule has 130 heavy (non-hydrogen) atoms. The molecule has 4 fully saturated rings. The molecular formula is C109H114N4O17. The lowest BCUT2D eigenvalue weighted by Crippen LogP contribution is -2.63. The van der Waals surface area contributed by atoms with Crippen LogP contribution in [0.4, 0.5) is 0 Å². The zero-order valence-electron chi connectivity index (χ0n) is 74.1. The lowest BCUT2D eigenvalue weighted by atomic mass is 9.33. The minimum atomic E-state index is -0.978. The highest BCUT2D eigenvalue weighted by molar-refractivity contribution is 5.98. The van der Waals surface area contributed by atoms with Crippen molar-refractivity contribution in [1.82, 2.24) is 19.0 Å². The van der Waals surface area contributed by atoms with Crippen molar-refractivity contribution in [3.8, 4) is 17.2 Å². The van der Waals surface area contributed by atoms with Gasteiger partial charge in [0.05, 0.1) is 59.3 Å². The number of Topliss-reactive ketones (excluding diaryl/α,β-unsaturated/α-hetero) is 2. The highest BCUT2D eigenvalue weighted by Crippen LogP contribution is 2.77. The van der Waals surface area contributed by atoms with Gasteiger partial charge in [-0.25, -0.2) is 0 Å². The summed E-state index contributed by atoms with van der Waals surface area (Å²) in [5.74, 6) is -2.25. The maximum Gasteiger partial charge on any atom is 0.306 e. The van der Waals surface area contributed by atoms with Gasteiger partial charge in [-0.1, -0.05) is 273 Å². The van der Waals surface area contributed by atoms with Crippen molar-refractivity contribution in [2.24, 2.45) is 21.7 Å². The van der Waals surface area contributed by atoms with E-state index in [9.17, 15) is 19.2 Å². The number of amides is 1. The first-order valence-electron chi connectivity index (χ1n) is 44.9. The summed E-state index contributed by atoms with van der Waals surface area (Å²) < 4.78 is 70.9. The summed E-state index contributed by atoms with van der Waals surface area (Å²) in [6.45, 7) is 6.27. The summed E-state index contributed by atoms with van der Waals surface area (Å²) in [6, 6.07) is 90.6. The van der Waals surface area contributed by atoms with E-state index < -0.39 is 74.3 Å². The predicted octanol–water partition coefficient (Wildman–Crippen LogP) is 19.7. The Morgan fingerprint density at radius 3 is 0.800 bits per heavy atom. The number of esters is 1. The van der Waals surface area contributed by atoms with Crippen molar-refractivity contribution in [3.05, 3.63) is 408 Å². The van der Waals surface area contributed by atoms with Crippen LogP contribution in [0.25, 0.3) is 0 Å². The largest absolute Gasteiger partial charge is 0.483 e. The Bertz CT molecular complexity index is 5210. The fraction of sp³-hybridized carbons (Fsp3) is 0.330. The second-order valence-electron chi connectivity index (χ2n) is 36.1. The quantitative estimate of drug-likeness (QED) is 0.0212. The Balaban J connectivity index is 0.828. The number of ether oxygens (including phenoxy) is 10. The van der Waals surface area contributed by atoms with Gasteiger partial charge in [0.15, 0.2) is 53.4 Å². The molecule has 4 atom stereocenters. The van der Waals surface area contributed by atoms with Crippen LogP contribution in [0.15, 0.2) is 324 Å². The topological polar surface area (TPSA) is 239 Å². The summed E-state index contributed by atoms with van der Waals surface area (Å²) in [5, 5.41) is 3.45. The van der Waals surface area contributed by atoms with Gasteiger partial charge < -0.3 is 66.4 Å². The zero-order chi connectivity index (χ0) is 90.2. The van der Waals surface area contributed by atoms with E-state index in [1.807, 2.05) is 294 Å². The maximum absolute atomic E-state index is 16.5. The first kappa shape index (κ1) is 92.0. The molecule has 4 bridgehead atoms. The zero-order valence-corrected chi connectivity index (χ0v) is 74.1. The van der Waals surface area contributed by atoms with Gasteiger partial charge in [0.2, 0.25) is 16.3 Å². The summed E-state index contributed by atoms with van der Waals surface area (Å²) >= 11 is 0. The monoisotopic (exact) mass is 1750 g/mol. The lowest BCUT2D eigenvalue weighted by molar-refractivity contribution is -0.208. The summed E-state index contributed by atoms with van der Waals surface area (Å²) in [6.07, 6.45) is 5.50. The van der Waals surface area contributed by atoms with Crippen molar-refractivity contribution in [3.63, 3.8) is 0 Å². The highest BCUT2D eigenvalue weighted by atomic mass is 16.7. The van der Waals surface area contributed by atoms with Crippen LogP contribution >= 0.6 is 0 Å². The number of benzene rings is 9. The molecule has 21 heteroatoms. The van der Waals surface area contributed by atoms with Crippen molar-refractivity contribution >= 4 is 23.4 Å². The Labute approximate surface area is 759 Å². The molecule has 12 aromatic rings. The number of aromatic nitrogens is 3. The van der Waals surface area contributed by atoms with E-state index in [1.54, 1.807) is 32.3 Å². The molecule has 0 spiro atoms. The molecule has 3 heterocycles. The van der Waals surface area contributed by atoms with Gasteiger partial charge in [-0.2, -0.15) is 0 Å². The smallest absolute Gasteiger partial charge is 0.306 e. The van der Waals surface area contributed by atoms with Crippen LogP contribution in [-0.2, 0) is 117 Å². The molecule has 0 saturated heterocycles. The third kappa shape index (κ3) is 25.2. The Hall–Kier alpha value is -12.7. The van der Waals surface area contributed by atoms with E-state index in [2.05, 4.69) is 5.32 Å². The van der Waals surface area contributed by atoms with E-state index in [-0.39, 0.29) is 164 Å². The van der Waals surface area contributed by atoms with Crippen LogP contribution in [-0.4, -0.2) is 68.2 Å². The average molecular weight is 1750 g/mol. The third-order valence-electron chi connectivity index (χ3n) is 24.7. The molecule has 4 aliphatic carbocycles. The standard InChI is InChI=1S/C109H114N4O17/c1-105(2,3)130-94(119)51-57-108-74-106(55-49-89(114)98-101(127-70-86-43-25-10-26-44-86)91(116)52-58-111(98)61-95(121-64-80-31-13-4-14-32-80)122-65-81-33-15-5-16-34-81)73-107(75-108,56-50-90(115)99-102(128-71-87-45-27-11-28-46-87)92(117)53-59-112(99)62-96(123-66-82-35-17-6-18-36-82)124-67-83-37-19-7-20-38-83)77-109(76-106,78-108)79-110-104(120)100-103(129-72-88-47-29-12-30-48-88)93(118)54-60-113(100)63-97(125-68-84-39-21-8-22-40-84)126-69-85-41-23-9-24-42-85/h4-48,52-54,58-60,95-97H,49-51,55-57,61-79H2,1-3H3,(H,110,120)/t106-,107+,108?,109?. The van der Waals surface area contributed by atoms with Gasteiger partial charge in [0.25, 0.3) is 5.91 Å². The number of hydrogen-bond donors (Lipinski definition) is 1. The minimum absolute atomic E-state index is 0.0250. The number of carbonyl (C=O) groups excluding carboxylic acids is 4. The molecule has 4 aliphatic rings. The van der Waals surface area contributed by atoms with Crippen LogP contribution < -0.4 is 35.8 Å². The van der Waals surface area contributed by atoms with Crippen LogP contribution in [0.1, 0.15) is 179 Å². The number of nitrogens with zero attached hydrogens (tertiary/aromatic N) is 3. The fourth-order valence-corrected chi connectivity index (χ4v) is 19.7. The van der Waals surface area contributed by atoms with E-state index in [4.69, 9.17) is 47.4 Å². The molecule has 4 saturated carbocycles. The molecule has 9 aromatic carbocycles. The molecule has 672 valence electrons. The average Bonchev–Trinajstić information content (AvgIpc) is 0.683. The lowest BCUT2D eigenvalue weighted by Gasteiger charge is -2.71. The number of rotatable bonds is 47. The van der Waals surface area contributed by atoms with Crippen molar-refractivity contribution in [1.29, 1.82) is 0 Å². The van der Waals surface area contributed by atoms with Gasteiger partial charge in [0, 0.05) is 62.6 Å². The van der Waals surface area contributed by atoms with Crippen molar-refractivity contribution in [2.45, 2.75) is 201 Å². The number of carbonyl (C=O) groups is 4. The second kappa shape index (κ2) is 43.6. The molecule has 3 aromatic heterocycles. The van der Waals surface area contributed by atoms with Crippen LogP contribution in [0, 0.1) is 21.7 Å².